The third-order valence-electron chi connectivity index (χ3n) is 6.03. The molecular formula is C21H25NO4S2. The van der Waals surface area contributed by atoms with Gasteiger partial charge in [0.2, 0.25) is 10.0 Å². The van der Waals surface area contributed by atoms with Crippen LogP contribution in [-0.4, -0.2) is 38.5 Å². The van der Waals surface area contributed by atoms with E-state index in [1.54, 1.807) is 47.6 Å². The third-order valence-corrected chi connectivity index (χ3v) is 10.4. The molecule has 2 aromatic rings. The van der Waals surface area contributed by atoms with E-state index in [4.69, 9.17) is 0 Å². The highest BCUT2D eigenvalue weighted by Crippen LogP contribution is 2.43. The summed E-state index contributed by atoms with van der Waals surface area (Å²) >= 11 is 0. The zero-order chi connectivity index (χ0) is 20.1. The average molecular weight is 420 g/mol. The molecule has 0 amide bonds. The van der Waals surface area contributed by atoms with Crippen LogP contribution in [0.25, 0.3) is 0 Å². The summed E-state index contributed by atoms with van der Waals surface area (Å²) in [5.41, 5.74) is 1.63. The Kier molecular flexibility index (Phi) is 4.88. The lowest BCUT2D eigenvalue weighted by Gasteiger charge is -2.37. The second kappa shape index (κ2) is 6.97. The van der Waals surface area contributed by atoms with Crippen LogP contribution in [0.4, 0.5) is 0 Å². The first kappa shape index (κ1) is 19.6. The standard InChI is InChI=1S/C21H25NO4S2/c1-15-8-9-16(2)21(12-15)28(25,26)22-17-10-11-18(22)14-20(13-17)27(23,24)19-6-4-3-5-7-19/h3-9,12,17-18,20H,10-11,13-14H2,1-2H3. The van der Waals surface area contributed by atoms with Crippen molar-refractivity contribution in [1.82, 2.24) is 4.31 Å². The Bertz CT molecular complexity index is 1080. The van der Waals surface area contributed by atoms with Crippen molar-refractivity contribution in [1.29, 1.82) is 0 Å². The number of rotatable bonds is 4. The highest BCUT2D eigenvalue weighted by molar-refractivity contribution is 7.92. The zero-order valence-corrected chi connectivity index (χ0v) is 17.7. The Morgan fingerprint density at radius 2 is 1.46 bits per heavy atom. The second-order valence-corrected chi connectivity index (χ2v) is 12.0. The SMILES string of the molecule is Cc1ccc(C)c(S(=O)(=O)N2C3CCC2CC(S(=O)(=O)c2ccccc2)C3)c1. The molecule has 2 aliphatic rings. The molecule has 0 aliphatic carbocycles. The van der Waals surface area contributed by atoms with E-state index in [1.807, 2.05) is 19.1 Å². The van der Waals surface area contributed by atoms with Crippen molar-refractivity contribution in [3.8, 4) is 0 Å². The normalized spacial score (nSPS) is 25.7. The van der Waals surface area contributed by atoms with Crippen molar-refractivity contribution in [2.24, 2.45) is 0 Å². The molecule has 150 valence electrons. The molecule has 2 saturated heterocycles. The number of aryl methyl sites for hydroxylation is 2. The smallest absolute Gasteiger partial charge is 0.223 e. The van der Waals surface area contributed by atoms with Crippen molar-refractivity contribution in [2.45, 2.75) is 66.7 Å². The van der Waals surface area contributed by atoms with Crippen molar-refractivity contribution in [3.05, 3.63) is 59.7 Å². The molecule has 5 nitrogen and oxygen atoms in total. The summed E-state index contributed by atoms with van der Waals surface area (Å²) in [4.78, 5) is 0.666. The monoisotopic (exact) mass is 419 g/mol. The van der Waals surface area contributed by atoms with Crippen LogP contribution in [0.5, 0.6) is 0 Å². The molecule has 2 aromatic carbocycles. The van der Waals surface area contributed by atoms with Crippen LogP contribution in [0.15, 0.2) is 58.3 Å². The molecule has 0 spiro atoms. The van der Waals surface area contributed by atoms with Gasteiger partial charge in [-0.3, -0.25) is 0 Å². The van der Waals surface area contributed by atoms with Crippen molar-refractivity contribution >= 4 is 19.9 Å². The molecule has 2 bridgehead atoms. The van der Waals surface area contributed by atoms with Gasteiger partial charge in [-0.15, -0.1) is 0 Å². The topological polar surface area (TPSA) is 71.5 Å². The number of sulfonamides is 1. The fraction of sp³-hybridized carbons (Fsp3) is 0.429. The van der Waals surface area contributed by atoms with E-state index < -0.39 is 25.1 Å². The van der Waals surface area contributed by atoms with Gasteiger partial charge in [-0.25, -0.2) is 16.8 Å². The second-order valence-electron chi connectivity index (χ2n) is 7.94. The van der Waals surface area contributed by atoms with E-state index in [1.165, 1.54) is 0 Å². The van der Waals surface area contributed by atoms with Gasteiger partial charge >= 0.3 is 0 Å². The highest BCUT2D eigenvalue weighted by atomic mass is 32.2. The molecule has 2 heterocycles. The number of fused-ring (bicyclic) bond motifs is 2. The highest BCUT2D eigenvalue weighted by Gasteiger charge is 2.50. The van der Waals surface area contributed by atoms with Crippen molar-refractivity contribution in [2.75, 3.05) is 0 Å². The van der Waals surface area contributed by atoms with E-state index in [0.29, 0.717) is 22.6 Å². The molecule has 2 fully saturated rings. The summed E-state index contributed by atoms with van der Waals surface area (Å²) < 4.78 is 54.6. The van der Waals surface area contributed by atoms with Crippen LogP contribution in [0.2, 0.25) is 0 Å². The van der Waals surface area contributed by atoms with E-state index in [9.17, 15) is 16.8 Å². The first-order valence-corrected chi connectivity index (χ1v) is 12.6. The van der Waals surface area contributed by atoms with E-state index in [2.05, 4.69) is 0 Å². The molecule has 2 atom stereocenters. The summed E-state index contributed by atoms with van der Waals surface area (Å²) in [5.74, 6) is 0. The van der Waals surface area contributed by atoms with Gasteiger partial charge in [0.15, 0.2) is 9.84 Å². The lowest BCUT2D eigenvalue weighted by Crippen LogP contribution is -2.49. The van der Waals surface area contributed by atoms with Gasteiger partial charge in [0.25, 0.3) is 0 Å². The summed E-state index contributed by atoms with van der Waals surface area (Å²) in [7, 11) is -7.10. The van der Waals surface area contributed by atoms with Gasteiger partial charge in [-0.05, 0) is 68.9 Å². The van der Waals surface area contributed by atoms with Gasteiger partial charge in [-0.1, -0.05) is 30.3 Å². The first-order chi connectivity index (χ1) is 13.2. The number of hydrogen-bond donors (Lipinski definition) is 0. The molecular weight excluding hydrogens is 394 g/mol. The van der Waals surface area contributed by atoms with Crippen LogP contribution in [0, 0.1) is 13.8 Å². The summed E-state index contributed by atoms with van der Waals surface area (Å²) in [6.07, 6.45) is 2.15. The van der Waals surface area contributed by atoms with E-state index in [0.717, 1.165) is 24.0 Å². The Labute approximate surface area is 167 Å². The maximum absolute atomic E-state index is 13.4. The Morgan fingerprint density at radius 1 is 0.857 bits per heavy atom. The lowest BCUT2D eigenvalue weighted by molar-refractivity contribution is 0.249. The first-order valence-electron chi connectivity index (χ1n) is 9.61. The summed E-state index contributed by atoms with van der Waals surface area (Å²) in [5, 5.41) is -0.530. The number of nitrogens with zero attached hydrogens (tertiary/aromatic N) is 1. The van der Waals surface area contributed by atoms with Crippen LogP contribution in [0.1, 0.15) is 36.8 Å². The maximum atomic E-state index is 13.4. The van der Waals surface area contributed by atoms with Gasteiger partial charge in [0.05, 0.1) is 15.0 Å². The molecule has 2 aliphatic heterocycles. The molecule has 4 rings (SSSR count). The van der Waals surface area contributed by atoms with Gasteiger partial charge in [-0.2, -0.15) is 4.31 Å². The Morgan fingerprint density at radius 3 is 2.07 bits per heavy atom. The Hall–Kier alpha value is -1.70. The molecule has 2 unspecified atom stereocenters. The van der Waals surface area contributed by atoms with Crippen LogP contribution < -0.4 is 0 Å². The zero-order valence-electron chi connectivity index (χ0n) is 16.1. The predicted molar refractivity (Wildman–Crippen MR) is 108 cm³/mol. The molecule has 7 heteroatoms. The molecule has 0 radical (unpaired) electrons. The average Bonchev–Trinajstić information content (AvgIpc) is 2.95. The quantitative estimate of drug-likeness (QED) is 0.761. The van der Waals surface area contributed by atoms with E-state index in [-0.39, 0.29) is 12.1 Å². The van der Waals surface area contributed by atoms with Gasteiger partial charge in [0, 0.05) is 12.1 Å². The molecule has 28 heavy (non-hydrogen) atoms. The van der Waals surface area contributed by atoms with Gasteiger partial charge in [0.1, 0.15) is 0 Å². The molecule has 0 aromatic heterocycles. The fourth-order valence-corrected chi connectivity index (χ4v) is 8.71. The van der Waals surface area contributed by atoms with Crippen LogP contribution in [0.3, 0.4) is 0 Å². The fourth-order valence-electron chi connectivity index (χ4n) is 4.63. The largest absolute Gasteiger partial charge is 0.243 e. The number of sulfone groups is 1. The van der Waals surface area contributed by atoms with Crippen molar-refractivity contribution < 1.29 is 16.8 Å². The van der Waals surface area contributed by atoms with Crippen LogP contribution >= 0.6 is 0 Å². The van der Waals surface area contributed by atoms with Gasteiger partial charge < -0.3 is 0 Å². The predicted octanol–water partition coefficient (Wildman–Crippen LogP) is 3.46. The third kappa shape index (κ3) is 3.19. The number of piperidine rings is 1. The maximum Gasteiger partial charge on any atom is 0.243 e. The molecule has 0 saturated carbocycles. The number of hydrogen-bond acceptors (Lipinski definition) is 4. The summed E-state index contributed by atoms with van der Waals surface area (Å²) in [6.45, 7) is 3.69. The van der Waals surface area contributed by atoms with Crippen LogP contribution in [-0.2, 0) is 19.9 Å². The summed E-state index contributed by atoms with van der Waals surface area (Å²) in [6, 6.07) is 13.4. The Balaban J connectivity index is 1.66. The minimum Gasteiger partial charge on any atom is -0.223 e. The molecule has 0 N–H and O–H groups in total. The van der Waals surface area contributed by atoms with E-state index >= 15 is 0 Å². The lowest BCUT2D eigenvalue weighted by atomic mass is 10.1. The van der Waals surface area contributed by atoms with Crippen molar-refractivity contribution in [3.63, 3.8) is 0 Å². The number of benzene rings is 2. The minimum absolute atomic E-state index is 0.257. The minimum atomic E-state index is -3.65.